The Morgan fingerprint density at radius 1 is 1.50 bits per heavy atom. The lowest BCUT2D eigenvalue weighted by Gasteiger charge is -2.37. The fraction of sp³-hybridized carbons (Fsp3) is 0.733. The van der Waals surface area contributed by atoms with Gasteiger partial charge in [-0.25, -0.2) is 9.59 Å². The largest absolute Gasteiger partial charge is 0.480 e. The van der Waals surface area contributed by atoms with Gasteiger partial charge in [-0.1, -0.05) is 20.3 Å². The average molecular weight is 280 g/mol. The summed E-state index contributed by atoms with van der Waals surface area (Å²) < 4.78 is 0. The number of amides is 2. The molecule has 0 spiro atoms. The molecular weight excluding hydrogens is 256 g/mol. The number of urea groups is 1. The summed E-state index contributed by atoms with van der Waals surface area (Å²) in [6, 6.07) is -1.13. The molecule has 0 aromatic carbocycles. The first-order chi connectivity index (χ1) is 9.53. The molecule has 3 unspecified atom stereocenters. The van der Waals surface area contributed by atoms with Crippen LogP contribution in [0.15, 0.2) is 0 Å². The topological polar surface area (TPSA) is 69.6 Å². The second-order valence-corrected chi connectivity index (χ2v) is 5.31. The number of piperidine rings is 1. The van der Waals surface area contributed by atoms with E-state index in [0.29, 0.717) is 25.3 Å². The Morgan fingerprint density at radius 3 is 2.70 bits per heavy atom. The van der Waals surface area contributed by atoms with E-state index in [0.717, 1.165) is 19.3 Å². The quantitative estimate of drug-likeness (QED) is 0.757. The van der Waals surface area contributed by atoms with Crippen molar-refractivity contribution in [3.63, 3.8) is 0 Å². The van der Waals surface area contributed by atoms with Crippen LogP contribution in [0.4, 0.5) is 4.79 Å². The number of nitrogens with zero attached hydrogens (tertiary/aromatic N) is 1. The molecule has 1 heterocycles. The summed E-state index contributed by atoms with van der Waals surface area (Å²) >= 11 is 0. The molecule has 5 nitrogen and oxygen atoms in total. The van der Waals surface area contributed by atoms with E-state index >= 15 is 0 Å². The summed E-state index contributed by atoms with van der Waals surface area (Å²) in [5.41, 5.74) is 0. The fourth-order valence-corrected chi connectivity index (χ4v) is 2.58. The highest BCUT2D eigenvalue weighted by Gasteiger charge is 2.35. The van der Waals surface area contributed by atoms with Crippen LogP contribution in [0.1, 0.15) is 46.0 Å². The number of nitrogens with one attached hydrogen (secondary N) is 1. The van der Waals surface area contributed by atoms with Crippen molar-refractivity contribution in [2.45, 2.75) is 58.0 Å². The number of carboxylic acids is 1. The van der Waals surface area contributed by atoms with E-state index in [1.165, 1.54) is 4.90 Å². The normalized spacial score (nSPS) is 23.8. The minimum Gasteiger partial charge on any atom is -0.480 e. The Morgan fingerprint density at radius 2 is 2.20 bits per heavy atom. The first kappa shape index (κ1) is 16.4. The minimum absolute atomic E-state index is 0.0918. The highest BCUT2D eigenvalue weighted by atomic mass is 16.4. The van der Waals surface area contributed by atoms with Crippen LogP contribution >= 0.6 is 0 Å². The lowest BCUT2D eigenvalue weighted by atomic mass is 9.89. The first-order valence-corrected chi connectivity index (χ1v) is 7.26. The lowest BCUT2D eigenvalue weighted by Crippen LogP contribution is -2.55. The van der Waals surface area contributed by atoms with Crippen LogP contribution in [0.25, 0.3) is 0 Å². The van der Waals surface area contributed by atoms with Gasteiger partial charge in [0.25, 0.3) is 0 Å². The van der Waals surface area contributed by atoms with Gasteiger partial charge in [-0.05, 0) is 25.2 Å². The van der Waals surface area contributed by atoms with Crippen molar-refractivity contribution in [1.82, 2.24) is 10.2 Å². The van der Waals surface area contributed by atoms with Gasteiger partial charge >= 0.3 is 12.0 Å². The summed E-state index contributed by atoms with van der Waals surface area (Å²) in [5, 5.41) is 12.1. The summed E-state index contributed by atoms with van der Waals surface area (Å²) in [6.07, 6.45) is 8.81. The number of carboxylic acid groups (broad SMARTS) is 1. The van der Waals surface area contributed by atoms with Crippen molar-refractivity contribution >= 4 is 12.0 Å². The Balaban J connectivity index is 2.70. The number of rotatable bonds is 5. The number of terminal acetylenes is 1. The van der Waals surface area contributed by atoms with Gasteiger partial charge < -0.3 is 15.3 Å². The molecule has 20 heavy (non-hydrogen) atoms. The van der Waals surface area contributed by atoms with E-state index in [9.17, 15) is 14.7 Å². The van der Waals surface area contributed by atoms with Gasteiger partial charge in [-0.15, -0.1) is 12.3 Å². The van der Waals surface area contributed by atoms with Crippen LogP contribution in [0, 0.1) is 18.3 Å². The molecule has 2 N–H and O–H groups in total. The van der Waals surface area contributed by atoms with Gasteiger partial charge in [-0.2, -0.15) is 0 Å². The highest BCUT2D eigenvalue weighted by molar-refractivity contribution is 5.83. The third-order valence-corrected chi connectivity index (χ3v) is 4.02. The van der Waals surface area contributed by atoms with Crippen LogP contribution in [-0.4, -0.2) is 40.6 Å². The number of hydrogen-bond acceptors (Lipinski definition) is 2. The van der Waals surface area contributed by atoms with Crippen molar-refractivity contribution in [1.29, 1.82) is 0 Å². The van der Waals surface area contributed by atoms with Gasteiger partial charge in [0.1, 0.15) is 6.04 Å². The molecule has 3 atom stereocenters. The summed E-state index contributed by atoms with van der Waals surface area (Å²) in [6.45, 7) is 4.49. The molecule has 1 rings (SSSR count). The van der Waals surface area contributed by atoms with E-state index in [1.807, 2.05) is 6.92 Å². The third-order valence-electron chi connectivity index (χ3n) is 4.02. The summed E-state index contributed by atoms with van der Waals surface area (Å²) in [5.74, 6) is 1.98. The van der Waals surface area contributed by atoms with Gasteiger partial charge in [0, 0.05) is 19.0 Å². The smallest absolute Gasteiger partial charge is 0.326 e. The van der Waals surface area contributed by atoms with Gasteiger partial charge in [0.05, 0.1) is 0 Å². The monoisotopic (exact) mass is 280 g/mol. The molecule has 1 aliphatic rings. The predicted molar refractivity (Wildman–Crippen MR) is 77.2 cm³/mol. The van der Waals surface area contributed by atoms with Crippen LogP contribution in [-0.2, 0) is 4.79 Å². The van der Waals surface area contributed by atoms with E-state index < -0.39 is 12.0 Å². The second kappa shape index (κ2) is 7.78. The zero-order valence-electron chi connectivity index (χ0n) is 12.3. The van der Waals surface area contributed by atoms with Crippen LogP contribution in [0.5, 0.6) is 0 Å². The van der Waals surface area contributed by atoms with Gasteiger partial charge in [0.2, 0.25) is 0 Å². The molecule has 2 amide bonds. The number of likely N-dealkylation sites (tertiary alicyclic amines) is 1. The van der Waals surface area contributed by atoms with Gasteiger partial charge in [0.15, 0.2) is 0 Å². The SMILES string of the molecule is C#CCC(CC)NC(=O)N1CCC(CC)CC1C(=O)O. The van der Waals surface area contributed by atoms with E-state index in [1.54, 1.807) is 0 Å². The maximum Gasteiger partial charge on any atom is 0.326 e. The van der Waals surface area contributed by atoms with Crippen molar-refractivity contribution in [3.05, 3.63) is 0 Å². The fourth-order valence-electron chi connectivity index (χ4n) is 2.58. The van der Waals surface area contributed by atoms with Crippen molar-refractivity contribution in [2.75, 3.05) is 6.54 Å². The highest BCUT2D eigenvalue weighted by Crippen LogP contribution is 2.25. The molecule has 0 bridgehead atoms. The van der Waals surface area contributed by atoms with Crippen molar-refractivity contribution in [2.24, 2.45) is 5.92 Å². The van der Waals surface area contributed by atoms with Crippen LogP contribution in [0.3, 0.4) is 0 Å². The third kappa shape index (κ3) is 4.16. The average Bonchev–Trinajstić information content (AvgIpc) is 2.45. The van der Waals surface area contributed by atoms with E-state index in [2.05, 4.69) is 18.2 Å². The molecule has 0 aromatic rings. The number of aliphatic carboxylic acids is 1. The molecule has 5 heteroatoms. The summed E-state index contributed by atoms with van der Waals surface area (Å²) in [7, 11) is 0. The van der Waals surface area contributed by atoms with E-state index in [-0.39, 0.29) is 12.1 Å². The second-order valence-electron chi connectivity index (χ2n) is 5.31. The maximum atomic E-state index is 12.2. The summed E-state index contributed by atoms with van der Waals surface area (Å²) in [4.78, 5) is 25.0. The molecule has 0 radical (unpaired) electrons. The number of carbonyl (C=O) groups is 2. The zero-order chi connectivity index (χ0) is 15.1. The first-order valence-electron chi connectivity index (χ1n) is 7.26. The van der Waals surface area contributed by atoms with Gasteiger partial charge in [-0.3, -0.25) is 0 Å². The Labute approximate surface area is 120 Å². The Kier molecular flexibility index (Phi) is 6.37. The molecule has 1 saturated heterocycles. The molecule has 0 aromatic heterocycles. The van der Waals surface area contributed by atoms with Crippen LogP contribution in [0.2, 0.25) is 0 Å². The predicted octanol–water partition coefficient (Wildman–Crippen LogP) is 2.07. The van der Waals surface area contributed by atoms with Crippen molar-refractivity contribution in [3.8, 4) is 12.3 Å². The minimum atomic E-state index is -0.928. The molecule has 1 fully saturated rings. The van der Waals surface area contributed by atoms with E-state index in [4.69, 9.17) is 6.42 Å². The molecule has 0 saturated carbocycles. The molecule has 112 valence electrons. The standard InChI is InChI=1S/C15H24N2O3/c1-4-7-12(6-3)16-15(20)17-9-8-11(5-2)10-13(17)14(18)19/h1,11-13H,5-10H2,2-3H3,(H,16,20)(H,18,19). The maximum absolute atomic E-state index is 12.2. The zero-order valence-corrected chi connectivity index (χ0v) is 12.3. The van der Waals surface area contributed by atoms with Crippen LogP contribution < -0.4 is 5.32 Å². The Bertz CT molecular complexity index is 389. The molecular formula is C15H24N2O3. The number of hydrogen-bond donors (Lipinski definition) is 2. The molecule has 0 aliphatic carbocycles. The molecule has 1 aliphatic heterocycles. The van der Waals surface area contributed by atoms with Crippen molar-refractivity contribution < 1.29 is 14.7 Å². The number of carbonyl (C=O) groups excluding carboxylic acids is 1. The Hall–Kier alpha value is -1.70. The lowest BCUT2D eigenvalue weighted by molar-refractivity contribution is -0.144.